The van der Waals surface area contributed by atoms with Gasteiger partial charge in [0.1, 0.15) is 5.82 Å². The molecule has 2 rings (SSSR count). The lowest BCUT2D eigenvalue weighted by atomic mass is 10.2. The molecule has 1 aromatic carbocycles. The second-order valence-corrected chi connectivity index (χ2v) is 4.63. The molecule has 0 bridgehead atoms. The molecule has 0 saturated heterocycles. The van der Waals surface area contributed by atoms with E-state index < -0.39 is 0 Å². The van der Waals surface area contributed by atoms with E-state index in [1.54, 1.807) is 6.20 Å². The van der Waals surface area contributed by atoms with E-state index in [9.17, 15) is 4.79 Å². The molecule has 5 nitrogen and oxygen atoms in total. The van der Waals surface area contributed by atoms with Gasteiger partial charge >= 0.3 is 6.03 Å². The number of hydrogen-bond acceptors (Lipinski definition) is 2. The minimum Gasteiger partial charge on any atom is -0.338 e. The van der Waals surface area contributed by atoms with E-state index in [2.05, 4.69) is 22.5 Å². The molecule has 5 heteroatoms. The summed E-state index contributed by atoms with van der Waals surface area (Å²) in [6.45, 7) is 4.75. The van der Waals surface area contributed by atoms with Crippen molar-refractivity contribution in [1.82, 2.24) is 14.9 Å². The quantitative estimate of drug-likeness (QED) is 0.822. The average Bonchev–Trinajstić information content (AvgIpc) is 2.86. The molecule has 106 valence electrons. The normalized spacial score (nSPS) is 10.3. The third kappa shape index (κ3) is 3.60. The van der Waals surface area contributed by atoms with Crippen LogP contribution in [0, 0.1) is 6.92 Å². The molecule has 0 aliphatic carbocycles. The highest BCUT2D eigenvalue weighted by atomic mass is 16.2. The summed E-state index contributed by atoms with van der Waals surface area (Å²) in [5.41, 5.74) is 1.80. The fraction of sp³-hybridized carbons (Fsp3) is 0.333. The Morgan fingerprint density at radius 2 is 2.05 bits per heavy atom. The molecule has 0 radical (unpaired) electrons. The van der Waals surface area contributed by atoms with Crippen LogP contribution in [0.1, 0.15) is 25.6 Å². The summed E-state index contributed by atoms with van der Waals surface area (Å²) in [7, 11) is 0. The van der Waals surface area contributed by atoms with Crippen LogP contribution in [0.4, 0.5) is 10.5 Å². The Labute approximate surface area is 119 Å². The first-order chi connectivity index (χ1) is 9.70. The van der Waals surface area contributed by atoms with Gasteiger partial charge in [0.15, 0.2) is 0 Å². The summed E-state index contributed by atoms with van der Waals surface area (Å²) < 4.78 is 1.99. The predicted octanol–water partition coefficient (Wildman–Crippen LogP) is 3.10. The number of hydrogen-bond donors (Lipinski definition) is 2. The Kier molecular flexibility index (Phi) is 4.76. The van der Waals surface area contributed by atoms with Crippen LogP contribution in [-0.2, 0) is 0 Å². The minimum absolute atomic E-state index is 0.162. The zero-order chi connectivity index (χ0) is 14.4. The number of amides is 2. The molecule has 20 heavy (non-hydrogen) atoms. The molecule has 0 saturated carbocycles. The van der Waals surface area contributed by atoms with Crippen LogP contribution >= 0.6 is 0 Å². The Bertz CT molecular complexity index is 560. The monoisotopic (exact) mass is 272 g/mol. The van der Waals surface area contributed by atoms with Crippen molar-refractivity contribution in [2.75, 3.05) is 11.9 Å². The number of aromatic nitrogens is 2. The average molecular weight is 272 g/mol. The number of carbonyl (C=O) groups excluding carboxylic acids is 1. The smallest absolute Gasteiger partial charge is 0.319 e. The Balaban J connectivity index is 1.95. The van der Waals surface area contributed by atoms with Gasteiger partial charge in [-0.3, -0.25) is 0 Å². The van der Waals surface area contributed by atoms with Crippen LogP contribution in [0.3, 0.4) is 0 Å². The molecule has 1 aromatic heterocycles. The number of carbonyl (C=O) groups is 1. The van der Waals surface area contributed by atoms with Crippen LogP contribution in [-0.4, -0.2) is 22.1 Å². The van der Waals surface area contributed by atoms with Crippen LogP contribution in [0.25, 0.3) is 5.69 Å². The predicted molar refractivity (Wildman–Crippen MR) is 80.2 cm³/mol. The van der Waals surface area contributed by atoms with E-state index >= 15 is 0 Å². The standard InChI is InChI=1S/C15H20N4O/c1-3-4-9-17-15(20)18-13-5-7-14(8-6-13)19-11-10-16-12(19)2/h5-8,10-11H,3-4,9H2,1-2H3,(H2,17,18,20). The molecule has 2 N–H and O–H groups in total. The summed E-state index contributed by atoms with van der Waals surface area (Å²) in [6, 6.07) is 7.51. The van der Waals surface area contributed by atoms with Gasteiger partial charge in [-0.2, -0.15) is 0 Å². The number of unbranched alkanes of at least 4 members (excludes halogenated alkanes) is 1. The van der Waals surface area contributed by atoms with Gasteiger partial charge in [0.25, 0.3) is 0 Å². The number of imidazole rings is 1. The third-order valence-electron chi connectivity index (χ3n) is 3.04. The highest BCUT2D eigenvalue weighted by molar-refractivity contribution is 5.89. The zero-order valence-electron chi connectivity index (χ0n) is 11.9. The van der Waals surface area contributed by atoms with E-state index in [0.29, 0.717) is 6.54 Å². The van der Waals surface area contributed by atoms with Gasteiger partial charge in [-0.05, 0) is 37.6 Å². The largest absolute Gasteiger partial charge is 0.338 e. The zero-order valence-corrected chi connectivity index (χ0v) is 11.9. The van der Waals surface area contributed by atoms with Gasteiger partial charge in [-0.25, -0.2) is 9.78 Å². The summed E-state index contributed by atoms with van der Waals surface area (Å²) in [6.07, 6.45) is 5.74. The highest BCUT2D eigenvalue weighted by Gasteiger charge is 2.03. The number of benzene rings is 1. The van der Waals surface area contributed by atoms with Crippen LogP contribution in [0.2, 0.25) is 0 Å². The number of rotatable bonds is 5. The van der Waals surface area contributed by atoms with Crippen molar-refractivity contribution in [2.24, 2.45) is 0 Å². The van der Waals surface area contributed by atoms with Gasteiger partial charge in [-0.15, -0.1) is 0 Å². The summed E-state index contributed by atoms with van der Waals surface area (Å²) in [5, 5.41) is 5.63. The maximum Gasteiger partial charge on any atom is 0.319 e. The second kappa shape index (κ2) is 6.75. The van der Waals surface area contributed by atoms with Gasteiger partial charge in [0.2, 0.25) is 0 Å². The van der Waals surface area contributed by atoms with Crippen molar-refractivity contribution in [3.8, 4) is 5.69 Å². The maximum absolute atomic E-state index is 11.6. The number of nitrogens with zero attached hydrogens (tertiary/aromatic N) is 2. The maximum atomic E-state index is 11.6. The molecular weight excluding hydrogens is 252 g/mol. The van der Waals surface area contributed by atoms with E-state index in [-0.39, 0.29) is 6.03 Å². The molecule has 0 fully saturated rings. The molecule has 1 heterocycles. The molecule has 0 spiro atoms. The van der Waals surface area contributed by atoms with Gasteiger partial charge in [0, 0.05) is 30.3 Å². The number of nitrogens with one attached hydrogen (secondary N) is 2. The van der Waals surface area contributed by atoms with Crippen molar-refractivity contribution in [2.45, 2.75) is 26.7 Å². The van der Waals surface area contributed by atoms with E-state index in [1.165, 1.54) is 0 Å². The van der Waals surface area contributed by atoms with Crippen LogP contribution in [0.15, 0.2) is 36.7 Å². The molecule has 0 aliphatic heterocycles. The Morgan fingerprint density at radius 3 is 2.65 bits per heavy atom. The van der Waals surface area contributed by atoms with Crippen LogP contribution < -0.4 is 10.6 Å². The lowest BCUT2D eigenvalue weighted by molar-refractivity contribution is 0.252. The fourth-order valence-corrected chi connectivity index (χ4v) is 1.91. The summed E-state index contributed by atoms with van der Waals surface area (Å²) >= 11 is 0. The summed E-state index contributed by atoms with van der Waals surface area (Å²) in [5.74, 6) is 0.933. The van der Waals surface area contributed by atoms with E-state index in [0.717, 1.165) is 30.0 Å². The first-order valence-corrected chi connectivity index (χ1v) is 6.86. The first-order valence-electron chi connectivity index (χ1n) is 6.86. The van der Waals surface area contributed by atoms with E-state index in [1.807, 2.05) is 42.0 Å². The number of anilines is 1. The summed E-state index contributed by atoms with van der Waals surface area (Å²) in [4.78, 5) is 15.8. The Morgan fingerprint density at radius 1 is 1.30 bits per heavy atom. The number of aryl methyl sites for hydroxylation is 1. The third-order valence-corrected chi connectivity index (χ3v) is 3.04. The van der Waals surface area contributed by atoms with Crippen LogP contribution in [0.5, 0.6) is 0 Å². The second-order valence-electron chi connectivity index (χ2n) is 4.63. The topological polar surface area (TPSA) is 59.0 Å². The van der Waals surface area contributed by atoms with Crippen molar-refractivity contribution in [3.63, 3.8) is 0 Å². The molecule has 0 atom stereocenters. The minimum atomic E-state index is -0.162. The van der Waals surface area contributed by atoms with Gasteiger partial charge in [0.05, 0.1) is 0 Å². The van der Waals surface area contributed by atoms with Crippen molar-refractivity contribution in [1.29, 1.82) is 0 Å². The molecule has 2 amide bonds. The lowest BCUT2D eigenvalue weighted by Crippen LogP contribution is -2.29. The van der Waals surface area contributed by atoms with Gasteiger partial charge < -0.3 is 15.2 Å². The fourth-order valence-electron chi connectivity index (χ4n) is 1.91. The lowest BCUT2D eigenvalue weighted by Gasteiger charge is -2.09. The number of urea groups is 1. The van der Waals surface area contributed by atoms with Crippen molar-refractivity contribution in [3.05, 3.63) is 42.5 Å². The molecule has 2 aromatic rings. The van der Waals surface area contributed by atoms with Crippen molar-refractivity contribution >= 4 is 11.7 Å². The van der Waals surface area contributed by atoms with Crippen molar-refractivity contribution < 1.29 is 4.79 Å². The molecule has 0 unspecified atom stereocenters. The first kappa shape index (κ1) is 14.1. The molecule has 0 aliphatic rings. The Hall–Kier alpha value is -2.30. The van der Waals surface area contributed by atoms with Gasteiger partial charge in [-0.1, -0.05) is 13.3 Å². The highest BCUT2D eigenvalue weighted by Crippen LogP contribution is 2.14. The van der Waals surface area contributed by atoms with E-state index in [4.69, 9.17) is 0 Å². The molecular formula is C15H20N4O. The SMILES string of the molecule is CCCCNC(=O)Nc1ccc(-n2ccnc2C)cc1.